The predicted octanol–water partition coefficient (Wildman–Crippen LogP) is 8.35. The first kappa shape index (κ1) is 29.5. The SMILES string of the molecule is CC.CC.CC.CC.CCCC1CCCN(CC2CCC=C(C)C2)C1. The number of likely N-dealkylation sites (tertiary alicyclic amines) is 1. The fraction of sp³-hybridized carbons (Fsp3) is 0.917. The van der Waals surface area contributed by atoms with E-state index < -0.39 is 0 Å². The number of allylic oxidation sites excluding steroid dienone is 2. The van der Waals surface area contributed by atoms with Gasteiger partial charge in [0.05, 0.1) is 0 Å². The van der Waals surface area contributed by atoms with Crippen molar-refractivity contribution in [1.82, 2.24) is 4.90 Å². The van der Waals surface area contributed by atoms with E-state index >= 15 is 0 Å². The van der Waals surface area contributed by atoms with Crippen molar-refractivity contribution in [2.75, 3.05) is 19.6 Å². The quantitative estimate of drug-likeness (QED) is 0.458. The molecule has 1 heteroatoms. The summed E-state index contributed by atoms with van der Waals surface area (Å²) in [5.41, 5.74) is 1.63. The first-order valence-electron chi connectivity index (χ1n) is 11.7. The topological polar surface area (TPSA) is 3.24 Å². The van der Waals surface area contributed by atoms with Crippen LogP contribution < -0.4 is 0 Å². The van der Waals surface area contributed by atoms with E-state index in [9.17, 15) is 0 Å². The van der Waals surface area contributed by atoms with Gasteiger partial charge in [-0.2, -0.15) is 0 Å². The van der Waals surface area contributed by atoms with Crippen molar-refractivity contribution in [1.29, 1.82) is 0 Å². The van der Waals surface area contributed by atoms with Crippen LogP contribution in [0.25, 0.3) is 0 Å². The lowest BCUT2D eigenvalue weighted by molar-refractivity contribution is 0.142. The summed E-state index contributed by atoms with van der Waals surface area (Å²) in [5.74, 6) is 1.94. The van der Waals surface area contributed by atoms with Gasteiger partial charge in [0.1, 0.15) is 0 Å². The Morgan fingerprint density at radius 1 is 0.920 bits per heavy atom. The van der Waals surface area contributed by atoms with Crippen molar-refractivity contribution in [2.45, 2.75) is 114 Å². The molecule has 0 N–H and O–H groups in total. The molecule has 2 aliphatic rings. The van der Waals surface area contributed by atoms with Crippen LogP contribution in [0.5, 0.6) is 0 Å². The maximum atomic E-state index is 2.76. The van der Waals surface area contributed by atoms with Gasteiger partial charge in [-0.1, -0.05) is 80.4 Å². The summed E-state index contributed by atoms with van der Waals surface area (Å²) in [6.07, 6.45) is 12.3. The Morgan fingerprint density at radius 3 is 2.04 bits per heavy atom. The lowest BCUT2D eigenvalue weighted by atomic mass is 9.87. The fourth-order valence-electron chi connectivity index (χ4n) is 3.69. The van der Waals surface area contributed by atoms with Gasteiger partial charge >= 0.3 is 0 Å². The van der Waals surface area contributed by atoms with Crippen LogP contribution in [0.4, 0.5) is 0 Å². The molecule has 0 aromatic heterocycles. The summed E-state index contributed by atoms with van der Waals surface area (Å²) < 4.78 is 0. The monoisotopic (exact) mass is 355 g/mol. The molecule has 1 saturated heterocycles. The Balaban J connectivity index is -0.000000533. The molecule has 1 heterocycles. The van der Waals surface area contributed by atoms with Crippen LogP contribution in [-0.2, 0) is 0 Å². The lowest BCUT2D eigenvalue weighted by Crippen LogP contribution is -2.38. The number of piperidine rings is 1. The molecule has 154 valence electrons. The lowest BCUT2D eigenvalue weighted by Gasteiger charge is -2.35. The highest BCUT2D eigenvalue weighted by Crippen LogP contribution is 2.27. The Bertz CT molecular complexity index is 255. The second kappa shape index (κ2) is 23.7. The van der Waals surface area contributed by atoms with E-state index in [2.05, 4.69) is 24.8 Å². The summed E-state index contributed by atoms with van der Waals surface area (Å²) in [4.78, 5) is 2.76. The minimum absolute atomic E-state index is 0.945. The van der Waals surface area contributed by atoms with Gasteiger partial charge in [-0.05, 0) is 63.8 Å². The van der Waals surface area contributed by atoms with Crippen LogP contribution in [0.2, 0.25) is 0 Å². The molecule has 25 heavy (non-hydrogen) atoms. The smallest absolute Gasteiger partial charge is 0.00129 e. The molecule has 1 aliphatic heterocycles. The zero-order chi connectivity index (χ0) is 20.1. The zero-order valence-corrected chi connectivity index (χ0v) is 19.8. The van der Waals surface area contributed by atoms with E-state index in [1.54, 1.807) is 5.57 Å². The van der Waals surface area contributed by atoms with Crippen LogP contribution in [0.15, 0.2) is 11.6 Å². The van der Waals surface area contributed by atoms with E-state index in [-0.39, 0.29) is 0 Å². The van der Waals surface area contributed by atoms with Gasteiger partial charge in [0.15, 0.2) is 0 Å². The Morgan fingerprint density at radius 2 is 1.52 bits per heavy atom. The summed E-state index contributed by atoms with van der Waals surface area (Å²) in [6.45, 7) is 24.7. The average molecular weight is 356 g/mol. The van der Waals surface area contributed by atoms with Gasteiger partial charge in [0.25, 0.3) is 0 Å². The standard InChI is InChI=1S/C16H29N.4C2H6/c1-3-6-15-9-5-10-17(12-15)13-16-8-4-7-14(2)11-16;4*1-2/h7,15-16H,3-6,8-13H2,1-2H3;4*1-2H3. The molecule has 0 amide bonds. The molecule has 2 unspecified atom stereocenters. The van der Waals surface area contributed by atoms with Crippen molar-refractivity contribution >= 4 is 0 Å². The predicted molar refractivity (Wildman–Crippen MR) is 121 cm³/mol. The normalized spacial score (nSPS) is 22.2. The number of hydrogen-bond donors (Lipinski definition) is 0. The number of hydrogen-bond acceptors (Lipinski definition) is 1. The van der Waals surface area contributed by atoms with Crippen molar-refractivity contribution in [3.63, 3.8) is 0 Å². The average Bonchev–Trinajstić information content (AvgIpc) is 2.69. The third-order valence-electron chi connectivity index (χ3n) is 4.49. The molecule has 0 saturated carbocycles. The van der Waals surface area contributed by atoms with E-state index in [4.69, 9.17) is 0 Å². The highest BCUT2D eigenvalue weighted by Gasteiger charge is 2.22. The Kier molecular flexibility index (Phi) is 27.9. The molecular formula is C24H53N. The summed E-state index contributed by atoms with van der Waals surface area (Å²) >= 11 is 0. The fourth-order valence-corrected chi connectivity index (χ4v) is 3.69. The minimum atomic E-state index is 0.945. The largest absolute Gasteiger partial charge is 0.303 e. The molecule has 0 spiro atoms. The second-order valence-electron chi connectivity index (χ2n) is 6.25. The molecule has 2 atom stereocenters. The van der Waals surface area contributed by atoms with E-state index in [1.807, 2.05) is 55.4 Å². The molecule has 1 fully saturated rings. The molecule has 1 aliphatic carbocycles. The first-order valence-corrected chi connectivity index (χ1v) is 11.7. The van der Waals surface area contributed by atoms with Gasteiger partial charge < -0.3 is 4.90 Å². The molecule has 0 bridgehead atoms. The Labute approximate surface area is 162 Å². The molecular weight excluding hydrogens is 302 g/mol. The molecule has 0 radical (unpaired) electrons. The number of rotatable bonds is 4. The van der Waals surface area contributed by atoms with Crippen LogP contribution in [-0.4, -0.2) is 24.5 Å². The summed E-state index contributed by atoms with van der Waals surface area (Å²) in [5, 5.41) is 0. The number of nitrogens with zero attached hydrogens (tertiary/aromatic N) is 1. The second-order valence-corrected chi connectivity index (χ2v) is 6.25. The highest BCUT2D eigenvalue weighted by molar-refractivity contribution is 5.03. The maximum absolute atomic E-state index is 2.76. The van der Waals surface area contributed by atoms with Gasteiger partial charge in [-0.25, -0.2) is 0 Å². The first-order chi connectivity index (χ1) is 12.3. The van der Waals surface area contributed by atoms with Gasteiger partial charge in [0, 0.05) is 13.1 Å². The summed E-state index contributed by atoms with van der Waals surface area (Å²) in [7, 11) is 0. The molecule has 2 rings (SSSR count). The highest BCUT2D eigenvalue weighted by atomic mass is 15.1. The van der Waals surface area contributed by atoms with Crippen molar-refractivity contribution in [2.24, 2.45) is 11.8 Å². The Hall–Kier alpha value is -0.300. The van der Waals surface area contributed by atoms with E-state index in [0.717, 1.165) is 11.8 Å². The zero-order valence-electron chi connectivity index (χ0n) is 19.8. The van der Waals surface area contributed by atoms with Crippen LogP contribution in [0, 0.1) is 11.8 Å². The molecule has 1 nitrogen and oxygen atoms in total. The van der Waals surface area contributed by atoms with E-state index in [0.29, 0.717) is 0 Å². The minimum Gasteiger partial charge on any atom is -0.303 e. The van der Waals surface area contributed by atoms with Gasteiger partial charge in [-0.3, -0.25) is 0 Å². The van der Waals surface area contributed by atoms with Crippen molar-refractivity contribution in [3.8, 4) is 0 Å². The maximum Gasteiger partial charge on any atom is 0.00129 e. The third kappa shape index (κ3) is 15.7. The van der Waals surface area contributed by atoms with E-state index in [1.165, 1.54) is 64.6 Å². The third-order valence-corrected chi connectivity index (χ3v) is 4.49. The van der Waals surface area contributed by atoms with Crippen LogP contribution in [0.1, 0.15) is 114 Å². The molecule has 0 aromatic rings. The van der Waals surface area contributed by atoms with Gasteiger partial charge in [-0.15, -0.1) is 0 Å². The van der Waals surface area contributed by atoms with Crippen molar-refractivity contribution < 1.29 is 0 Å². The van der Waals surface area contributed by atoms with Gasteiger partial charge in [0.2, 0.25) is 0 Å². The molecule has 0 aromatic carbocycles. The van der Waals surface area contributed by atoms with Crippen molar-refractivity contribution in [3.05, 3.63) is 11.6 Å². The van der Waals surface area contributed by atoms with Crippen LogP contribution in [0.3, 0.4) is 0 Å². The van der Waals surface area contributed by atoms with Crippen LogP contribution >= 0.6 is 0 Å². The summed E-state index contributed by atoms with van der Waals surface area (Å²) in [6, 6.07) is 0.